The van der Waals surface area contributed by atoms with Crippen molar-refractivity contribution in [2.24, 2.45) is 5.92 Å². The van der Waals surface area contributed by atoms with Gasteiger partial charge in [0.1, 0.15) is 12.4 Å². The molecule has 140 valence electrons. The van der Waals surface area contributed by atoms with Gasteiger partial charge in [0, 0.05) is 12.5 Å². The third kappa shape index (κ3) is 6.36. The number of ether oxygens (including phenoxy) is 1. The highest BCUT2D eigenvalue weighted by molar-refractivity contribution is 5.85. The molecular weight excluding hydrogens is 348 g/mol. The molecule has 4 nitrogen and oxygen atoms in total. The van der Waals surface area contributed by atoms with Gasteiger partial charge in [-0.3, -0.25) is 4.79 Å². The summed E-state index contributed by atoms with van der Waals surface area (Å²) in [5.41, 5.74) is 2.33. The van der Waals surface area contributed by atoms with Gasteiger partial charge in [-0.05, 0) is 55.6 Å². The van der Waals surface area contributed by atoms with Crippen LogP contribution in [-0.4, -0.2) is 25.5 Å². The van der Waals surface area contributed by atoms with Crippen LogP contribution in [0.2, 0.25) is 0 Å². The predicted molar refractivity (Wildman–Crippen MR) is 107 cm³/mol. The molecule has 0 unspecified atom stereocenters. The van der Waals surface area contributed by atoms with Crippen molar-refractivity contribution < 1.29 is 9.53 Å². The lowest BCUT2D eigenvalue weighted by Crippen LogP contribution is -2.38. The lowest BCUT2D eigenvalue weighted by atomic mass is 9.97. The minimum Gasteiger partial charge on any atom is -0.489 e. The van der Waals surface area contributed by atoms with Crippen molar-refractivity contribution in [2.45, 2.75) is 25.9 Å². The van der Waals surface area contributed by atoms with Gasteiger partial charge in [-0.1, -0.05) is 42.5 Å². The summed E-state index contributed by atoms with van der Waals surface area (Å²) in [5, 5.41) is 6.36. The Balaban J connectivity index is 0.00000243. The molecule has 0 aliphatic carbocycles. The molecule has 1 amide bonds. The number of amides is 1. The average Bonchev–Trinajstić information content (AvgIpc) is 2.68. The van der Waals surface area contributed by atoms with Gasteiger partial charge >= 0.3 is 0 Å². The molecule has 1 aliphatic rings. The molecular formula is C21H27ClN2O2. The normalized spacial score (nSPS) is 14.3. The number of hydrogen-bond donors (Lipinski definition) is 2. The van der Waals surface area contributed by atoms with Crippen molar-refractivity contribution >= 4 is 18.3 Å². The summed E-state index contributed by atoms with van der Waals surface area (Å²) in [6.07, 6.45) is 2.70. The van der Waals surface area contributed by atoms with Gasteiger partial charge in [-0.15, -0.1) is 12.4 Å². The third-order valence-electron chi connectivity index (χ3n) is 4.57. The van der Waals surface area contributed by atoms with Crippen LogP contribution in [0.4, 0.5) is 0 Å². The first-order valence-corrected chi connectivity index (χ1v) is 9.05. The number of piperidine rings is 1. The molecule has 1 saturated heterocycles. The predicted octanol–water partition coefficient (Wildman–Crippen LogP) is 3.35. The van der Waals surface area contributed by atoms with Crippen LogP contribution >= 0.6 is 12.4 Å². The van der Waals surface area contributed by atoms with E-state index in [1.54, 1.807) is 0 Å². The zero-order valence-electron chi connectivity index (χ0n) is 14.9. The fraction of sp³-hybridized carbons (Fsp3) is 0.381. The Morgan fingerprint density at radius 3 is 2.54 bits per heavy atom. The van der Waals surface area contributed by atoms with Gasteiger partial charge < -0.3 is 15.4 Å². The van der Waals surface area contributed by atoms with Crippen molar-refractivity contribution in [2.75, 3.05) is 19.6 Å². The van der Waals surface area contributed by atoms with E-state index in [9.17, 15) is 4.79 Å². The number of rotatable bonds is 7. The van der Waals surface area contributed by atoms with Crippen LogP contribution in [-0.2, 0) is 17.8 Å². The summed E-state index contributed by atoms with van der Waals surface area (Å²) in [7, 11) is 0. The molecule has 0 aromatic heterocycles. The highest BCUT2D eigenvalue weighted by Gasteiger charge is 2.20. The lowest BCUT2D eigenvalue weighted by molar-refractivity contribution is -0.125. The van der Waals surface area contributed by atoms with Crippen molar-refractivity contribution in [3.8, 4) is 5.75 Å². The molecule has 1 aliphatic heterocycles. The second-order valence-electron chi connectivity index (χ2n) is 6.49. The molecule has 2 aromatic carbocycles. The average molecular weight is 375 g/mol. The maximum absolute atomic E-state index is 12.2. The molecule has 1 heterocycles. The van der Waals surface area contributed by atoms with Crippen molar-refractivity contribution in [1.82, 2.24) is 10.6 Å². The highest BCUT2D eigenvalue weighted by Crippen LogP contribution is 2.16. The first kappa shape index (κ1) is 20.3. The lowest BCUT2D eigenvalue weighted by Gasteiger charge is -2.21. The molecule has 3 rings (SSSR count). The number of nitrogens with one attached hydrogen (secondary N) is 2. The summed E-state index contributed by atoms with van der Waals surface area (Å²) >= 11 is 0. The van der Waals surface area contributed by atoms with Gasteiger partial charge in [-0.25, -0.2) is 0 Å². The quantitative estimate of drug-likeness (QED) is 0.781. The Morgan fingerprint density at radius 1 is 1.04 bits per heavy atom. The first-order valence-electron chi connectivity index (χ1n) is 9.05. The van der Waals surface area contributed by atoms with Crippen LogP contribution in [0.25, 0.3) is 0 Å². The number of carbonyl (C=O) groups excluding carboxylic acids is 1. The summed E-state index contributed by atoms with van der Waals surface area (Å²) < 4.78 is 5.86. The summed E-state index contributed by atoms with van der Waals surface area (Å²) in [5.74, 6) is 1.23. The summed E-state index contributed by atoms with van der Waals surface area (Å²) in [4.78, 5) is 12.2. The van der Waals surface area contributed by atoms with E-state index < -0.39 is 0 Å². The second kappa shape index (κ2) is 10.8. The molecule has 1 fully saturated rings. The monoisotopic (exact) mass is 374 g/mol. The molecule has 0 atom stereocenters. The molecule has 2 N–H and O–H groups in total. The van der Waals surface area contributed by atoms with Crippen LogP contribution in [0.3, 0.4) is 0 Å². The molecule has 0 bridgehead atoms. The molecule has 0 radical (unpaired) electrons. The van der Waals surface area contributed by atoms with Crippen LogP contribution in [0.1, 0.15) is 24.0 Å². The first-order chi connectivity index (χ1) is 12.3. The fourth-order valence-corrected chi connectivity index (χ4v) is 3.09. The van der Waals surface area contributed by atoms with Gasteiger partial charge in [-0.2, -0.15) is 0 Å². The van der Waals surface area contributed by atoms with Crippen molar-refractivity contribution in [1.29, 1.82) is 0 Å². The van der Waals surface area contributed by atoms with Crippen LogP contribution < -0.4 is 15.4 Å². The smallest absolute Gasteiger partial charge is 0.223 e. The fourth-order valence-electron chi connectivity index (χ4n) is 3.09. The van der Waals surface area contributed by atoms with Crippen LogP contribution in [0.5, 0.6) is 5.75 Å². The minimum atomic E-state index is 0. The molecule has 26 heavy (non-hydrogen) atoms. The Hall–Kier alpha value is -2.04. The highest BCUT2D eigenvalue weighted by atomic mass is 35.5. The molecule has 5 heteroatoms. The van der Waals surface area contributed by atoms with E-state index in [0.29, 0.717) is 13.2 Å². The molecule has 0 saturated carbocycles. The Kier molecular flexibility index (Phi) is 8.45. The van der Waals surface area contributed by atoms with E-state index in [2.05, 4.69) is 34.9 Å². The van der Waals surface area contributed by atoms with Gasteiger partial charge in [0.05, 0.1) is 0 Å². The van der Waals surface area contributed by atoms with E-state index >= 15 is 0 Å². The maximum Gasteiger partial charge on any atom is 0.223 e. The van der Waals surface area contributed by atoms with E-state index in [1.165, 1.54) is 5.56 Å². The van der Waals surface area contributed by atoms with E-state index in [-0.39, 0.29) is 24.2 Å². The summed E-state index contributed by atoms with van der Waals surface area (Å²) in [6.45, 7) is 3.12. The Labute approximate surface area is 161 Å². The van der Waals surface area contributed by atoms with Crippen molar-refractivity contribution in [3.63, 3.8) is 0 Å². The van der Waals surface area contributed by atoms with E-state index in [0.717, 1.165) is 43.7 Å². The number of halogens is 1. The zero-order valence-corrected chi connectivity index (χ0v) is 15.8. The van der Waals surface area contributed by atoms with Gasteiger partial charge in [0.15, 0.2) is 0 Å². The van der Waals surface area contributed by atoms with Gasteiger partial charge in [0.25, 0.3) is 0 Å². The third-order valence-corrected chi connectivity index (χ3v) is 4.57. The SMILES string of the molecule is Cl.O=C(NCCc1cccc(OCc2ccccc2)c1)C1CCNCC1. The largest absolute Gasteiger partial charge is 0.489 e. The van der Waals surface area contributed by atoms with Crippen LogP contribution in [0.15, 0.2) is 54.6 Å². The Morgan fingerprint density at radius 2 is 1.77 bits per heavy atom. The number of hydrogen-bond acceptors (Lipinski definition) is 3. The number of benzene rings is 2. The molecule has 0 spiro atoms. The topological polar surface area (TPSA) is 50.4 Å². The van der Waals surface area contributed by atoms with Gasteiger partial charge in [0.2, 0.25) is 5.91 Å². The molecule has 2 aromatic rings. The zero-order chi connectivity index (χ0) is 17.3. The van der Waals surface area contributed by atoms with E-state index in [4.69, 9.17) is 4.74 Å². The summed E-state index contributed by atoms with van der Waals surface area (Å²) in [6, 6.07) is 18.2. The Bertz CT molecular complexity index is 673. The second-order valence-corrected chi connectivity index (χ2v) is 6.49. The van der Waals surface area contributed by atoms with Crippen molar-refractivity contribution in [3.05, 3.63) is 65.7 Å². The van der Waals surface area contributed by atoms with Crippen LogP contribution in [0, 0.1) is 5.92 Å². The maximum atomic E-state index is 12.2. The standard InChI is InChI=1S/C21H26N2O2.ClH/c24-21(19-10-12-22-13-11-19)23-14-9-17-7-4-8-20(15-17)25-16-18-5-2-1-3-6-18;/h1-8,15,19,22H,9-14,16H2,(H,23,24);1H. The minimum absolute atomic E-state index is 0. The number of carbonyl (C=O) groups is 1. The van der Waals surface area contributed by atoms with E-state index in [1.807, 2.05) is 30.3 Å².